The minimum absolute atomic E-state index is 0.0649. The second-order valence-electron chi connectivity index (χ2n) is 2.82. The number of carboxylic acids is 1. The lowest BCUT2D eigenvalue weighted by Crippen LogP contribution is -1.92. The first-order valence-corrected chi connectivity index (χ1v) is 3.87. The number of hydrogen-bond acceptors (Lipinski definition) is 1. The van der Waals surface area contributed by atoms with Crippen LogP contribution in [0.15, 0.2) is 18.2 Å². The van der Waals surface area contributed by atoms with Gasteiger partial charge < -0.3 is 5.11 Å². The predicted octanol–water partition coefficient (Wildman–Crippen LogP) is 2.37. The Balaban J connectivity index is 3.14. The van der Waals surface area contributed by atoms with Crippen molar-refractivity contribution in [3.63, 3.8) is 0 Å². The van der Waals surface area contributed by atoms with Crippen molar-refractivity contribution in [2.24, 2.45) is 0 Å². The quantitative estimate of drug-likeness (QED) is 0.740. The van der Waals surface area contributed by atoms with E-state index >= 15 is 0 Å². The van der Waals surface area contributed by atoms with Crippen LogP contribution in [0.2, 0.25) is 0 Å². The summed E-state index contributed by atoms with van der Waals surface area (Å²) in [7, 11) is 0. The minimum Gasteiger partial charge on any atom is -0.478 e. The van der Waals surface area contributed by atoms with Gasteiger partial charge in [-0.05, 0) is 30.7 Å². The van der Waals surface area contributed by atoms with Gasteiger partial charge in [0.2, 0.25) is 0 Å². The smallest absolute Gasteiger partial charge is 0.328 e. The first kappa shape index (κ1) is 10.4. The molecule has 2 nitrogen and oxygen atoms in total. The molecule has 4 heteroatoms. The number of halogens is 2. The van der Waals surface area contributed by atoms with Gasteiger partial charge in [-0.15, -0.1) is 0 Å². The summed E-state index contributed by atoms with van der Waals surface area (Å²) in [6, 6.07) is 2.42. The summed E-state index contributed by atoms with van der Waals surface area (Å²) in [5.74, 6) is -3.21. The Morgan fingerprint density at radius 3 is 2.64 bits per heavy atom. The number of carboxylic acid groups (broad SMARTS) is 1. The lowest BCUT2D eigenvalue weighted by Gasteiger charge is -2.00. The van der Waals surface area contributed by atoms with E-state index in [-0.39, 0.29) is 5.56 Å². The molecule has 0 spiro atoms. The van der Waals surface area contributed by atoms with Crippen LogP contribution in [0.5, 0.6) is 0 Å². The van der Waals surface area contributed by atoms with Crippen LogP contribution in [0.1, 0.15) is 11.1 Å². The van der Waals surface area contributed by atoms with Crippen LogP contribution in [0.25, 0.3) is 6.08 Å². The highest BCUT2D eigenvalue weighted by Gasteiger charge is 2.06. The summed E-state index contributed by atoms with van der Waals surface area (Å²) in [6.07, 6.45) is 1.78. The van der Waals surface area contributed by atoms with Gasteiger partial charge in [0.15, 0.2) is 11.6 Å². The Hall–Kier alpha value is -1.71. The van der Waals surface area contributed by atoms with E-state index in [0.717, 1.165) is 18.2 Å². The molecule has 0 unspecified atom stereocenters. The average molecular weight is 198 g/mol. The molecule has 0 atom stereocenters. The Kier molecular flexibility index (Phi) is 2.96. The summed E-state index contributed by atoms with van der Waals surface area (Å²) < 4.78 is 25.8. The fourth-order valence-corrected chi connectivity index (χ4v) is 1.03. The first-order valence-electron chi connectivity index (χ1n) is 3.87. The Bertz CT molecular complexity index is 397. The maximum atomic E-state index is 13.0. The molecule has 14 heavy (non-hydrogen) atoms. The van der Waals surface area contributed by atoms with Crippen LogP contribution >= 0.6 is 0 Å². The van der Waals surface area contributed by atoms with Gasteiger partial charge in [-0.2, -0.15) is 0 Å². The fourth-order valence-electron chi connectivity index (χ4n) is 1.03. The van der Waals surface area contributed by atoms with Gasteiger partial charge in [-0.3, -0.25) is 0 Å². The Morgan fingerprint density at radius 2 is 2.07 bits per heavy atom. The number of hydrogen-bond donors (Lipinski definition) is 1. The molecule has 0 saturated heterocycles. The molecule has 0 bridgehead atoms. The normalized spacial score (nSPS) is 10.8. The Labute approximate surface area is 79.5 Å². The largest absolute Gasteiger partial charge is 0.478 e. The third kappa shape index (κ3) is 2.39. The van der Waals surface area contributed by atoms with Gasteiger partial charge in [0.05, 0.1) is 0 Å². The minimum atomic E-state index is -1.20. The molecular formula is C10H8F2O2. The third-order valence-electron chi connectivity index (χ3n) is 1.61. The lowest BCUT2D eigenvalue weighted by molar-refractivity contribution is -0.131. The third-order valence-corrected chi connectivity index (χ3v) is 1.61. The summed E-state index contributed by atoms with van der Waals surface area (Å²) in [5.41, 5.74) is 0.471. The molecule has 0 amide bonds. The summed E-state index contributed by atoms with van der Waals surface area (Å²) in [4.78, 5) is 10.2. The number of benzene rings is 1. The van der Waals surface area contributed by atoms with Gasteiger partial charge in [-0.25, -0.2) is 13.6 Å². The van der Waals surface area contributed by atoms with Crippen LogP contribution < -0.4 is 0 Å². The van der Waals surface area contributed by atoms with Gasteiger partial charge in [0.25, 0.3) is 0 Å². The van der Waals surface area contributed by atoms with Crippen molar-refractivity contribution in [2.45, 2.75) is 6.92 Å². The highest BCUT2D eigenvalue weighted by Crippen LogP contribution is 2.15. The van der Waals surface area contributed by atoms with Crippen molar-refractivity contribution < 1.29 is 18.7 Å². The van der Waals surface area contributed by atoms with Crippen LogP contribution in [0.3, 0.4) is 0 Å². The van der Waals surface area contributed by atoms with Crippen molar-refractivity contribution >= 4 is 12.0 Å². The molecule has 0 aromatic heterocycles. The van der Waals surface area contributed by atoms with Crippen LogP contribution in [0, 0.1) is 18.6 Å². The molecule has 1 N–H and O–H groups in total. The molecule has 0 fully saturated rings. The Morgan fingerprint density at radius 1 is 1.43 bits per heavy atom. The van der Waals surface area contributed by atoms with E-state index in [2.05, 4.69) is 0 Å². The van der Waals surface area contributed by atoms with Crippen LogP contribution in [-0.4, -0.2) is 11.1 Å². The first-order chi connectivity index (χ1) is 6.50. The van der Waals surface area contributed by atoms with E-state index in [4.69, 9.17) is 5.11 Å². The molecule has 0 saturated carbocycles. The molecule has 0 aliphatic rings. The molecular weight excluding hydrogens is 190 g/mol. The SMILES string of the molecule is Cc1cc(F)c(F)c(/C=C/C(=O)O)c1. The second kappa shape index (κ2) is 4.00. The summed E-state index contributed by atoms with van der Waals surface area (Å²) in [5, 5.41) is 8.30. The van der Waals surface area contributed by atoms with Crippen molar-refractivity contribution in [1.82, 2.24) is 0 Å². The number of aliphatic carboxylic acids is 1. The average Bonchev–Trinajstić information content (AvgIpc) is 2.08. The molecule has 1 aromatic rings. The van der Waals surface area contributed by atoms with E-state index in [0.29, 0.717) is 5.56 Å². The molecule has 0 radical (unpaired) electrons. The van der Waals surface area contributed by atoms with E-state index in [1.807, 2.05) is 0 Å². The monoisotopic (exact) mass is 198 g/mol. The van der Waals surface area contributed by atoms with Gasteiger partial charge >= 0.3 is 5.97 Å². The molecule has 0 aliphatic carbocycles. The number of aryl methyl sites for hydroxylation is 1. The zero-order valence-corrected chi connectivity index (χ0v) is 7.42. The van der Waals surface area contributed by atoms with Gasteiger partial charge in [0, 0.05) is 11.6 Å². The molecule has 74 valence electrons. The van der Waals surface area contributed by atoms with Gasteiger partial charge in [0.1, 0.15) is 0 Å². The standard InChI is InChI=1S/C10H8F2O2/c1-6-4-7(2-3-9(13)14)10(12)8(11)5-6/h2-5H,1H3,(H,13,14)/b3-2+. The lowest BCUT2D eigenvalue weighted by atomic mass is 10.1. The predicted molar refractivity (Wildman–Crippen MR) is 47.8 cm³/mol. The summed E-state index contributed by atoms with van der Waals surface area (Å²) in [6.45, 7) is 1.60. The second-order valence-corrected chi connectivity index (χ2v) is 2.82. The van der Waals surface area contributed by atoms with Crippen molar-refractivity contribution in [1.29, 1.82) is 0 Å². The highest BCUT2D eigenvalue weighted by molar-refractivity contribution is 5.85. The highest BCUT2D eigenvalue weighted by atomic mass is 19.2. The molecule has 1 aromatic carbocycles. The molecule has 1 rings (SSSR count). The molecule has 0 aliphatic heterocycles. The van der Waals surface area contributed by atoms with Gasteiger partial charge in [-0.1, -0.05) is 0 Å². The van der Waals surface area contributed by atoms with E-state index in [1.165, 1.54) is 6.07 Å². The number of carbonyl (C=O) groups is 1. The van der Waals surface area contributed by atoms with E-state index in [1.54, 1.807) is 6.92 Å². The number of rotatable bonds is 2. The maximum absolute atomic E-state index is 13.0. The van der Waals surface area contributed by atoms with Crippen molar-refractivity contribution in [3.05, 3.63) is 41.0 Å². The summed E-state index contributed by atoms with van der Waals surface area (Å²) >= 11 is 0. The zero-order valence-electron chi connectivity index (χ0n) is 7.42. The van der Waals surface area contributed by atoms with Crippen LogP contribution in [0.4, 0.5) is 8.78 Å². The molecule has 0 heterocycles. The fraction of sp³-hybridized carbons (Fsp3) is 0.100. The topological polar surface area (TPSA) is 37.3 Å². The van der Waals surface area contributed by atoms with Crippen molar-refractivity contribution in [2.75, 3.05) is 0 Å². The van der Waals surface area contributed by atoms with E-state index < -0.39 is 17.6 Å². The van der Waals surface area contributed by atoms with Crippen LogP contribution in [-0.2, 0) is 4.79 Å². The van der Waals surface area contributed by atoms with Crippen molar-refractivity contribution in [3.8, 4) is 0 Å². The maximum Gasteiger partial charge on any atom is 0.328 e. The zero-order chi connectivity index (χ0) is 10.7. The van der Waals surface area contributed by atoms with E-state index in [9.17, 15) is 13.6 Å².